The minimum Gasteiger partial charge on any atom is -0.481 e. The highest BCUT2D eigenvalue weighted by Crippen LogP contribution is 2.45. The number of rotatable bonds is 21. The van der Waals surface area contributed by atoms with Crippen molar-refractivity contribution in [2.75, 3.05) is 53.2 Å². The van der Waals surface area contributed by atoms with Crippen LogP contribution in [0.4, 0.5) is 22.7 Å². The zero-order chi connectivity index (χ0) is 50.9. The van der Waals surface area contributed by atoms with E-state index < -0.39 is 27.2 Å². The smallest absolute Gasteiger partial charge is 0.394 e. The number of nitrogens with one attached hydrogen (secondary N) is 2. The molecule has 0 spiro atoms. The Kier molecular flexibility index (Phi) is 23.8. The number of fused-ring (bicyclic) bond motifs is 2. The van der Waals surface area contributed by atoms with Gasteiger partial charge in [0.05, 0.1) is 42.2 Å². The van der Waals surface area contributed by atoms with Crippen molar-refractivity contribution in [3.8, 4) is 0 Å². The second-order valence-electron chi connectivity index (χ2n) is 20.3. The van der Waals surface area contributed by atoms with Gasteiger partial charge < -0.3 is 30.3 Å². The summed E-state index contributed by atoms with van der Waals surface area (Å²) in [7, 11) is -4.67. The molecule has 14 nitrogen and oxygen atoms in total. The summed E-state index contributed by atoms with van der Waals surface area (Å²) in [4.78, 5) is 54.4. The van der Waals surface area contributed by atoms with Crippen LogP contribution < -0.4 is 20.4 Å². The van der Waals surface area contributed by atoms with Gasteiger partial charge in [0.1, 0.15) is 0 Å². The fourth-order valence-electron chi connectivity index (χ4n) is 8.83. The van der Waals surface area contributed by atoms with Crippen molar-refractivity contribution in [1.29, 1.82) is 0 Å². The lowest BCUT2D eigenvalue weighted by atomic mass is 9.90. The van der Waals surface area contributed by atoms with Crippen LogP contribution in [0.2, 0.25) is 0 Å². The molecule has 4 rings (SSSR count). The van der Waals surface area contributed by atoms with Crippen LogP contribution in [0, 0.1) is 38.5 Å². The van der Waals surface area contributed by atoms with Crippen molar-refractivity contribution < 1.29 is 46.5 Å². The van der Waals surface area contributed by atoms with Gasteiger partial charge in [0, 0.05) is 37.0 Å². The summed E-state index contributed by atoms with van der Waals surface area (Å²) in [6.45, 7) is 30.2. The Labute approximate surface area is 403 Å². The number of amides is 2. The van der Waals surface area contributed by atoms with Crippen molar-refractivity contribution in [1.82, 2.24) is 0 Å². The van der Waals surface area contributed by atoms with E-state index in [4.69, 9.17) is 22.3 Å². The van der Waals surface area contributed by atoms with Gasteiger partial charge in [-0.1, -0.05) is 120 Å². The summed E-state index contributed by atoms with van der Waals surface area (Å²) in [5, 5.41) is 15.8. The molecule has 0 radical (unpaired) electrons. The van der Waals surface area contributed by atoms with Crippen molar-refractivity contribution in [2.45, 2.75) is 193 Å². The maximum absolute atomic E-state index is 13.0. The first-order valence-corrected chi connectivity index (χ1v) is 26.1. The lowest BCUT2D eigenvalue weighted by Crippen LogP contribution is -2.30. The second-order valence-corrected chi connectivity index (χ2v) is 21.2. The van der Waals surface area contributed by atoms with Crippen LogP contribution in [0.3, 0.4) is 0 Å². The third-order valence-corrected chi connectivity index (χ3v) is 12.8. The Hall–Kier alpha value is -4.21. The first-order chi connectivity index (χ1) is 31.2. The van der Waals surface area contributed by atoms with E-state index in [-0.39, 0.29) is 30.6 Å². The van der Waals surface area contributed by atoms with Crippen LogP contribution in [0.1, 0.15) is 184 Å². The number of hydrogen-bond donors (Lipinski definition) is 5. The van der Waals surface area contributed by atoms with Crippen molar-refractivity contribution >= 4 is 56.9 Å². The average Bonchev–Trinajstić information content (AvgIpc) is 3.84. The number of nitrogens with zero attached hydrogens (tertiary/aromatic N) is 2. The summed E-state index contributed by atoms with van der Waals surface area (Å²) in [6, 6.07) is 0. The third kappa shape index (κ3) is 18.7. The Morgan fingerprint density at radius 3 is 1.25 bits per heavy atom. The number of carbonyl (C=O) groups excluding carboxylic acids is 3. The second kappa shape index (κ2) is 27.1. The van der Waals surface area contributed by atoms with E-state index in [1.165, 1.54) is 93.0 Å². The Bertz CT molecular complexity index is 2100. The quantitative estimate of drug-likeness (QED) is 0.0451. The molecular weight excluding hydrogens is 873 g/mol. The highest BCUT2D eigenvalue weighted by Gasteiger charge is 2.33. The molecule has 0 atom stereocenters. The normalized spacial score (nSPS) is 13.2. The van der Waals surface area contributed by atoms with E-state index in [9.17, 15) is 24.3 Å². The zero-order valence-corrected chi connectivity index (χ0v) is 44.2. The van der Waals surface area contributed by atoms with Crippen molar-refractivity contribution in [2.24, 2.45) is 10.8 Å². The molecule has 0 aromatic heterocycles. The summed E-state index contributed by atoms with van der Waals surface area (Å²) < 4.78 is 36.8. The first kappa shape index (κ1) is 58.9. The van der Waals surface area contributed by atoms with Crippen molar-refractivity contribution in [3.63, 3.8) is 0 Å². The molecule has 2 heterocycles. The van der Waals surface area contributed by atoms with E-state index in [0.717, 1.165) is 90.3 Å². The molecule has 0 aliphatic carbocycles. The van der Waals surface area contributed by atoms with E-state index >= 15 is 0 Å². The Balaban J connectivity index is 0.000000418. The average molecular weight is 959 g/mol. The molecule has 5 N–H and O–H groups in total. The molecule has 2 aromatic rings. The van der Waals surface area contributed by atoms with Gasteiger partial charge in [0.25, 0.3) is 0 Å². The van der Waals surface area contributed by atoms with Crippen LogP contribution in [0.25, 0.3) is 0 Å². The monoisotopic (exact) mass is 959 g/mol. The van der Waals surface area contributed by atoms with Gasteiger partial charge in [-0.25, -0.2) is 0 Å². The van der Waals surface area contributed by atoms with Crippen molar-refractivity contribution in [3.05, 3.63) is 44.5 Å². The largest absolute Gasteiger partial charge is 0.481 e. The number of ether oxygens (including phenoxy) is 1. The molecule has 380 valence electrons. The summed E-state index contributed by atoms with van der Waals surface area (Å²) in [5.74, 6) is -1.09. The number of hydrogen-bond acceptors (Lipinski definition) is 9. The maximum atomic E-state index is 13.0. The summed E-state index contributed by atoms with van der Waals surface area (Å²) in [6.07, 6.45) is 17.2. The van der Waals surface area contributed by atoms with Gasteiger partial charge in [0.2, 0.25) is 11.8 Å². The van der Waals surface area contributed by atoms with E-state index in [0.29, 0.717) is 6.61 Å². The number of unbranched alkanes of at least 4 members (excludes halogenated alkanes) is 10. The van der Waals surface area contributed by atoms with Gasteiger partial charge >= 0.3 is 22.3 Å². The molecule has 2 aliphatic heterocycles. The molecular formula is C52H86N4O10S. The number of esters is 1. The fraction of sp³-hybridized carbons (Fsp3) is 0.692. The standard InChI is InChI=1S/C27H44N2O3.C25H40N2O3.H2O4S/c1-8-10-11-12-13-14-16-29-17-15-21-19(3)22(18-23(30)32-9-2)20(4)24(25(21)29)28-26(31)27(5,6)7;1-7-8-9-10-11-12-14-27-15-13-19-17(2)20(16-21(28)29)18(3)22(23(19)27)26-24(30)25(4,5)6;1-5(2,3)4/h8-18H2,1-7H3,(H,28,31);7-16H2,1-6H3,(H,26,30)(H,28,29);(H2,1,2,3,4). The molecule has 0 unspecified atom stereocenters. The van der Waals surface area contributed by atoms with E-state index in [1.54, 1.807) is 0 Å². The van der Waals surface area contributed by atoms with E-state index in [1.807, 2.05) is 69.2 Å². The third-order valence-electron chi connectivity index (χ3n) is 12.8. The maximum Gasteiger partial charge on any atom is 0.394 e. The lowest BCUT2D eigenvalue weighted by molar-refractivity contribution is -0.142. The molecule has 0 saturated heterocycles. The molecule has 0 fully saturated rings. The molecule has 0 bridgehead atoms. The topological polar surface area (TPSA) is 203 Å². The Morgan fingerprint density at radius 1 is 0.582 bits per heavy atom. The number of aliphatic carboxylic acids is 1. The Morgan fingerprint density at radius 2 is 0.925 bits per heavy atom. The number of carbonyl (C=O) groups is 4. The molecule has 2 aliphatic rings. The highest BCUT2D eigenvalue weighted by atomic mass is 32.3. The van der Waals surface area contributed by atoms with E-state index in [2.05, 4.69) is 41.2 Å². The molecule has 15 heteroatoms. The predicted molar refractivity (Wildman–Crippen MR) is 272 cm³/mol. The SMILES string of the molecule is CCCCCCCCN1CCc2c(C)c(CC(=O)O)c(C)c(NC(=O)C(C)(C)C)c21.CCCCCCCCN1CCc2c(C)c(CC(=O)OCC)c(C)c(NC(=O)C(C)(C)C)c21.O=S(=O)(O)O. The van der Waals surface area contributed by atoms with Gasteiger partial charge in [-0.05, 0) is 105 Å². The summed E-state index contributed by atoms with van der Waals surface area (Å²) in [5.41, 5.74) is 11.4. The fourth-order valence-corrected chi connectivity index (χ4v) is 8.83. The first-order valence-electron chi connectivity index (χ1n) is 24.7. The van der Waals surface area contributed by atoms with Gasteiger partial charge in [0.15, 0.2) is 0 Å². The molecule has 2 amide bonds. The van der Waals surface area contributed by atoms with Crippen LogP contribution in [0.5, 0.6) is 0 Å². The minimum atomic E-state index is -4.67. The molecule has 2 aromatic carbocycles. The number of carboxylic acids is 1. The highest BCUT2D eigenvalue weighted by molar-refractivity contribution is 7.79. The van der Waals surface area contributed by atoms with Crippen LogP contribution in [-0.4, -0.2) is 79.2 Å². The number of anilines is 4. The van der Waals surface area contributed by atoms with Crippen LogP contribution in [-0.2, 0) is 60.0 Å². The zero-order valence-electron chi connectivity index (χ0n) is 43.4. The van der Waals surface area contributed by atoms with Gasteiger partial charge in [-0.15, -0.1) is 0 Å². The predicted octanol–water partition coefficient (Wildman–Crippen LogP) is 11.1. The summed E-state index contributed by atoms with van der Waals surface area (Å²) >= 11 is 0. The van der Waals surface area contributed by atoms with Gasteiger partial charge in [-0.3, -0.25) is 28.3 Å². The minimum absolute atomic E-state index is 0.000142. The molecule has 0 saturated carbocycles. The van der Waals surface area contributed by atoms with Crippen LogP contribution in [0.15, 0.2) is 0 Å². The lowest BCUT2D eigenvalue weighted by Gasteiger charge is -2.28. The number of carboxylic acid groups (broad SMARTS) is 1. The van der Waals surface area contributed by atoms with Crippen LogP contribution >= 0.6 is 0 Å². The van der Waals surface area contributed by atoms with Gasteiger partial charge in [-0.2, -0.15) is 8.42 Å². The molecule has 67 heavy (non-hydrogen) atoms. The number of benzene rings is 2.